The van der Waals surface area contributed by atoms with Crippen molar-refractivity contribution in [1.29, 1.82) is 0 Å². The van der Waals surface area contributed by atoms with Gasteiger partial charge in [-0.3, -0.25) is 0 Å². The molecular weight excluding hydrogens is 423 g/mol. The van der Waals surface area contributed by atoms with Crippen LogP contribution in [-0.2, 0) is 4.74 Å². The first-order valence-electron chi connectivity index (χ1n) is 14.1. The fourth-order valence-electron chi connectivity index (χ4n) is 9.03. The number of fused-ring (bicyclic) bond motifs is 4. The summed E-state index contributed by atoms with van der Waals surface area (Å²) in [5.41, 5.74) is 1.29. The number of allylic oxidation sites excluding steroid dienone is 1. The summed E-state index contributed by atoms with van der Waals surface area (Å²) in [6, 6.07) is 1.43. The largest absolute Gasteiger partial charge is 0.392 e. The van der Waals surface area contributed by atoms with Crippen LogP contribution in [0.5, 0.6) is 0 Å². The van der Waals surface area contributed by atoms with E-state index >= 15 is 0 Å². The van der Waals surface area contributed by atoms with Gasteiger partial charge in [-0.25, -0.2) is 0 Å². The van der Waals surface area contributed by atoms with Gasteiger partial charge in [0.05, 0.1) is 18.1 Å². The number of alkyl halides is 3. The van der Waals surface area contributed by atoms with Gasteiger partial charge in [-0.2, -0.15) is 13.2 Å². The molecule has 2 heterocycles. The van der Waals surface area contributed by atoms with E-state index < -0.39 is 12.1 Å². The zero-order chi connectivity index (χ0) is 22.6. The Bertz CT molecular complexity index is 735. The summed E-state index contributed by atoms with van der Waals surface area (Å²) in [6.45, 7) is 0. The van der Waals surface area contributed by atoms with Gasteiger partial charge in [0.1, 0.15) is 0 Å². The van der Waals surface area contributed by atoms with Gasteiger partial charge in [0.15, 0.2) is 0 Å². The molecule has 5 heteroatoms. The predicted molar refractivity (Wildman–Crippen MR) is 124 cm³/mol. The third-order valence-electron chi connectivity index (χ3n) is 10.8. The van der Waals surface area contributed by atoms with Crippen molar-refractivity contribution < 1.29 is 17.9 Å². The molecule has 0 aromatic rings. The van der Waals surface area contributed by atoms with Crippen LogP contribution in [0.25, 0.3) is 0 Å². The molecule has 10 unspecified atom stereocenters. The van der Waals surface area contributed by atoms with Crippen LogP contribution in [0.2, 0.25) is 0 Å². The third-order valence-corrected chi connectivity index (χ3v) is 10.8. The van der Waals surface area contributed by atoms with Gasteiger partial charge in [0.2, 0.25) is 0 Å². The third kappa shape index (κ3) is 4.43. The van der Waals surface area contributed by atoms with E-state index in [2.05, 4.69) is 5.32 Å². The van der Waals surface area contributed by atoms with E-state index in [1.54, 1.807) is 0 Å². The number of hydrogen-bond donors (Lipinski definition) is 1. The Labute approximate surface area is 197 Å². The van der Waals surface area contributed by atoms with Gasteiger partial charge in [0.25, 0.3) is 0 Å². The summed E-state index contributed by atoms with van der Waals surface area (Å²) in [4.78, 5) is 0. The molecule has 186 valence electrons. The van der Waals surface area contributed by atoms with Crippen LogP contribution in [0.1, 0.15) is 96.3 Å². The average Bonchev–Trinajstić information content (AvgIpc) is 3.21. The van der Waals surface area contributed by atoms with E-state index in [0.29, 0.717) is 36.3 Å². The second-order valence-corrected chi connectivity index (χ2v) is 12.4. The summed E-state index contributed by atoms with van der Waals surface area (Å²) in [5.74, 6) is 2.22. The van der Waals surface area contributed by atoms with Crippen molar-refractivity contribution in [1.82, 2.24) is 5.32 Å². The van der Waals surface area contributed by atoms with Crippen molar-refractivity contribution in [2.24, 2.45) is 35.5 Å². The molecule has 10 atom stereocenters. The lowest BCUT2D eigenvalue weighted by molar-refractivity contribution is -0.176. The van der Waals surface area contributed by atoms with Crippen LogP contribution in [0, 0.1) is 35.5 Å². The molecule has 6 aliphatic rings. The molecule has 0 aromatic heterocycles. The quantitative estimate of drug-likeness (QED) is 0.436. The molecule has 2 saturated heterocycles. The van der Waals surface area contributed by atoms with E-state index in [-0.39, 0.29) is 18.9 Å². The lowest BCUT2D eigenvalue weighted by Crippen LogP contribution is -2.53. The number of nitrogens with one attached hydrogen (secondary N) is 1. The zero-order valence-electron chi connectivity index (χ0n) is 20.0. The molecule has 0 aromatic carbocycles. The Hall–Kier alpha value is -0.550. The monoisotopic (exact) mass is 465 g/mol. The summed E-state index contributed by atoms with van der Waals surface area (Å²) in [7, 11) is 0. The van der Waals surface area contributed by atoms with Crippen LogP contribution in [0.4, 0.5) is 13.2 Å². The molecule has 0 spiro atoms. The number of piperidine rings is 1. The topological polar surface area (TPSA) is 21.3 Å². The van der Waals surface area contributed by atoms with Crippen LogP contribution < -0.4 is 5.32 Å². The highest BCUT2D eigenvalue weighted by Crippen LogP contribution is 2.53. The maximum Gasteiger partial charge on any atom is 0.392 e. The molecule has 6 rings (SSSR count). The SMILES string of the molecule is FC(F)(F)C1CC=C(C2CCCC3C4CCC(C5CCC6CCCCC6N5)CC4OC23)CC1. The maximum absolute atomic E-state index is 13.1. The Kier molecular flexibility index (Phi) is 6.35. The number of rotatable bonds is 2. The smallest absolute Gasteiger partial charge is 0.374 e. The van der Waals surface area contributed by atoms with Gasteiger partial charge in [-0.1, -0.05) is 30.9 Å². The Morgan fingerprint density at radius 2 is 1.61 bits per heavy atom. The Balaban J connectivity index is 1.10. The Morgan fingerprint density at radius 3 is 2.42 bits per heavy atom. The van der Waals surface area contributed by atoms with Crippen LogP contribution in [0.3, 0.4) is 0 Å². The number of hydrogen-bond acceptors (Lipinski definition) is 2. The Morgan fingerprint density at radius 1 is 0.788 bits per heavy atom. The average molecular weight is 466 g/mol. The van der Waals surface area contributed by atoms with Gasteiger partial charge in [-0.05, 0) is 101 Å². The molecule has 2 nitrogen and oxygen atoms in total. The molecule has 33 heavy (non-hydrogen) atoms. The molecule has 0 bridgehead atoms. The van der Waals surface area contributed by atoms with Crippen LogP contribution >= 0.6 is 0 Å². The minimum Gasteiger partial charge on any atom is -0.374 e. The molecule has 0 radical (unpaired) electrons. The van der Waals surface area contributed by atoms with Gasteiger partial charge < -0.3 is 10.1 Å². The first kappa shape index (κ1) is 22.9. The molecule has 1 N–H and O–H groups in total. The lowest BCUT2D eigenvalue weighted by atomic mass is 9.65. The van der Waals surface area contributed by atoms with Crippen molar-refractivity contribution in [3.63, 3.8) is 0 Å². The van der Waals surface area contributed by atoms with E-state index in [1.165, 1.54) is 76.2 Å². The van der Waals surface area contributed by atoms with Crippen molar-refractivity contribution in [2.75, 3.05) is 0 Å². The maximum atomic E-state index is 13.1. The summed E-state index contributed by atoms with van der Waals surface area (Å²) >= 11 is 0. The number of halogens is 3. The van der Waals surface area contributed by atoms with Crippen LogP contribution in [0.15, 0.2) is 11.6 Å². The summed E-state index contributed by atoms with van der Waals surface area (Å²) < 4.78 is 46.3. The minimum atomic E-state index is -4.05. The fraction of sp³-hybridized carbons (Fsp3) is 0.929. The first-order chi connectivity index (χ1) is 16.0. The van der Waals surface area contributed by atoms with Gasteiger partial charge >= 0.3 is 6.18 Å². The van der Waals surface area contributed by atoms with Crippen molar-refractivity contribution in [3.8, 4) is 0 Å². The fourth-order valence-corrected chi connectivity index (χ4v) is 9.03. The molecule has 2 aliphatic heterocycles. The van der Waals surface area contributed by atoms with Crippen molar-refractivity contribution in [2.45, 2.75) is 127 Å². The van der Waals surface area contributed by atoms with E-state index in [4.69, 9.17) is 4.74 Å². The zero-order valence-corrected chi connectivity index (χ0v) is 20.0. The molecule has 0 amide bonds. The first-order valence-corrected chi connectivity index (χ1v) is 14.1. The highest BCUT2D eigenvalue weighted by Gasteiger charge is 2.52. The highest BCUT2D eigenvalue weighted by atomic mass is 19.4. The van der Waals surface area contributed by atoms with Crippen LogP contribution in [-0.4, -0.2) is 30.5 Å². The second-order valence-electron chi connectivity index (χ2n) is 12.4. The van der Waals surface area contributed by atoms with E-state index in [0.717, 1.165) is 24.3 Å². The minimum absolute atomic E-state index is 0.178. The second kappa shape index (κ2) is 9.15. The van der Waals surface area contributed by atoms with Crippen molar-refractivity contribution >= 4 is 0 Å². The van der Waals surface area contributed by atoms with E-state index in [9.17, 15) is 13.2 Å². The normalized spacial score (nSPS) is 48.4. The molecule has 5 fully saturated rings. The predicted octanol–water partition coefficient (Wildman–Crippen LogP) is 7.19. The molecule has 3 saturated carbocycles. The van der Waals surface area contributed by atoms with Gasteiger partial charge in [-0.15, -0.1) is 0 Å². The lowest BCUT2D eigenvalue weighted by Gasteiger charge is -2.45. The summed E-state index contributed by atoms with van der Waals surface area (Å²) in [6.07, 6.45) is 15.4. The molecule has 4 aliphatic carbocycles. The van der Waals surface area contributed by atoms with E-state index in [1.807, 2.05) is 6.08 Å². The van der Waals surface area contributed by atoms with Crippen molar-refractivity contribution in [3.05, 3.63) is 11.6 Å². The standard InChI is InChI=1S/C28H42F3NO/c29-28(30,31)20-12-8-17(9-13-20)21-5-3-6-23-22-14-10-19(16-26(22)33-27(21)23)25-15-11-18-4-1-2-7-24(18)32-25/h8,18-27,32H,1-7,9-16H2. The highest BCUT2D eigenvalue weighted by molar-refractivity contribution is 5.16. The molecular formula is C28H42F3NO. The number of ether oxygens (including phenoxy) is 1. The summed E-state index contributed by atoms with van der Waals surface area (Å²) in [5, 5.41) is 4.09. The van der Waals surface area contributed by atoms with Gasteiger partial charge in [0, 0.05) is 18.0 Å².